The van der Waals surface area contributed by atoms with Crippen molar-refractivity contribution in [3.8, 4) is 17.2 Å². The normalized spacial score (nSPS) is 18.6. The maximum Gasteiger partial charge on any atom is 0.258 e. The molecule has 1 saturated heterocycles. The van der Waals surface area contributed by atoms with Gasteiger partial charge in [-0.25, -0.2) is 4.68 Å². The van der Waals surface area contributed by atoms with E-state index in [9.17, 15) is 4.79 Å². The van der Waals surface area contributed by atoms with Crippen LogP contribution in [0.3, 0.4) is 0 Å². The third-order valence-corrected chi connectivity index (χ3v) is 7.81. The SMILES string of the molecule is COc1ccc(C(=O)N(C[C@@H]2CCCN2CC2CCCCC2)c2cccc(-n3ccnn3)c2)cc1OC. The number of carbonyl (C=O) groups is 1. The zero-order chi connectivity index (χ0) is 25.6. The Morgan fingerprint density at radius 2 is 1.84 bits per heavy atom. The van der Waals surface area contributed by atoms with Gasteiger partial charge in [-0.15, -0.1) is 5.10 Å². The number of nitrogens with zero attached hydrogens (tertiary/aromatic N) is 5. The van der Waals surface area contributed by atoms with E-state index < -0.39 is 0 Å². The number of methoxy groups -OCH3 is 2. The van der Waals surface area contributed by atoms with E-state index >= 15 is 0 Å². The Hall–Kier alpha value is -3.39. The monoisotopic (exact) mass is 503 g/mol. The van der Waals surface area contributed by atoms with Crippen LogP contribution in [0.4, 0.5) is 5.69 Å². The molecule has 0 bridgehead atoms. The molecule has 0 N–H and O–H groups in total. The second-order valence-corrected chi connectivity index (χ2v) is 10.1. The van der Waals surface area contributed by atoms with Gasteiger partial charge in [-0.3, -0.25) is 9.69 Å². The topological polar surface area (TPSA) is 72.7 Å². The predicted octanol–water partition coefficient (Wildman–Crippen LogP) is 4.98. The molecule has 2 aliphatic rings. The van der Waals surface area contributed by atoms with Gasteiger partial charge in [0.1, 0.15) is 0 Å². The minimum absolute atomic E-state index is 0.0544. The van der Waals surface area contributed by atoms with Crippen LogP contribution in [0.5, 0.6) is 11.5 Å². The first-order chi connectivity index (χ1) is 18.2. The molecule has 1 aliphatic heterocycles. The molecule has 3 aromatic rings. The number of benzene rings is 2. The van der Waals surface area contributed by atoms with Crippen LogP contribution in [0.2, 0.25) is 0 Å². The van der Waals surface area contributed by atoms with E-state index in [1.54, 1.807) is 37.2 Å². The van der Waals surface area contributed by atoms with Crippen molar-refractivity contribution in [3.63, 3.8) is 0 Å². The van der Waals surface area contributed by atoms with E-state index in [0.717, 1.165) is 36.8 Å². The Balaban J connectivity index is 1.44. The zero-order valence-corrected chi connectivity index (χ0v) is 21.9. The minimum Gasteiger partial charge on any atom is -0.493 e. The highest BCUT2D eigenvalue weighted by Gasteiger charge is 2.31. The molecule has 8 nitrogen and oxygen atoms in total. The molecule has 1 aliphatic carbocycles. The second-order valence-electron chi connectivity index (χ2n) is 10.1. The van der Waals surface area contributed by atoms with E-state index in [-0.39, 0.29) is 5.91 Å². The number of rotatable bonds is 9. The lowest BCUT2D eigenvalue weighted by molar-refractivity contribution is 0.0975. The van der Waals surface area contributed by atoms with Gasteiger partial charge < -0.3 is 14.4 Å². The Kier molecular flexibility index (Phi) is 8.04. The maximum absolute atomic E-state index is 14.1. The molecule has 1 aromatic heterocycles. The number of aromatic nitrogens is 3. The van der Waals surface area contributed by atoms with Crippen LogP contribution in [-0.4, -0.2) is 65.7 Å². The van der Waals surface area contributed by atoms with Gasteiger partial charge in [0.2, 0.25) is 0 Å². The summed E-state index contributed by atoms with van der Waals surface area (Å²) in [6, 6.07) is 13.7. The van der Waals surface area contributed by atoms with Gasteiger partial charge in [0.05, 0.1) is 32.3 Å². The average Bonchev–Trinajstić information content (AvgIpc) is 3.64. The van der Waals surface area contributed by atoms with Gasteiger partial charge in [0, 0.05) is 30.4 Å². The molecular formula is C29H37N5O3. The lowest BCUT2D eigenvalue weighted by Gasteiger charge is -2.34. The maximum atomic E-state index is 14.1. The number of anilines is 1. The summed E-state index contributed by atoms with van der Waals surface area (Å²) < 4.78 is 12.6. The Bertz CT molecular complexity index is 1180. The predicted molar refractivity (Wildman–Crippen MR) is 144 cm³/mol. The molecule has 0 spiro atoms. The van der Waals surface area contributed by atoms with Crippen LogP contribution in [-0.2, 0) is 0 Å². The van der Waals surface area contributed by atoms with Crippen LogP contribution in [0, 0.1) is 5.92 Å². The van der Waals surface area contributed by atoms with Crippen molar-refractivity contribution in [2.45, 2.75) is 51.0 Å². The summed E-state index contributed by atoms with van der Waals surface area (Å²) in [6.07, 6.45) is 12.5. The molecule has 196 valence electrons. The summed E-state index contributed by atoms with van der Waals surface area (Å²) in [7, 11) is 3.19. The van der Waals surface area contributed by atoms with E-state index in [1.807, 2.05) is 41.4 Å². The fraction of sp³-hybridized carbons (Fsp3) is 0.483. The Morgan fingerprint density at radius 3 is 2.59 bits per heavy atom. The number of hydrogen-bond donors (Lipinski definition) is 0. The first kappa shape index (κ1) is 25.3. The largest absolute Gasteiger partial charge is 0.493 e. The van der Waals surface area contributed by atoms with Crippen molar-refractivity contribution in [2.75, 3.05) is 38.8 Å². The van der Waals surface area contributed by atoms with Crippen LogP contribution in [0.15, 0.2) is 54.9 Å². The lowest BCUT2D eigenvalue weighted by Crippen LogP contribution is -2.45. The molecule has 2 fully saturated rings. The number of amides is 1. The fourth-order valence-corrected chi connectivity index (χ4v) is 5.83. The van der Waals surface area contributed by atoms with Crippen molar-refractivity contribution in [1.82, 2.24) is 19.9 Å². The highest BCUT2D eigenvalue weighted by atomic mass is 16.5. The molecule has 8 heteroatoms. The van der Waals surface area contributed by atoms with E-state index in [1.165, 1.54) is 38.5 Å². The second kappa shape index (κ2) is 11.8. The van der Waals surface area contributed by atoms with Gasteiger partial charge in [-0.1, -0.05) is 30.5 Å². The van der Waals surface area contributed by atoms with E-state index in [2.05, 4.69) is 15.2 Å². The lowest BCUT2D eigenvalue weighted by atomic mass is 9.89. The summed E-state index contributed by atoms with van der Waals surface area (Å²) in [5, 5.41) is 8.08. The highest BCUT2D eigenvalue weighted by molar-refractivity contribution is 6.06. The van der Waals surface area contributed by atoms with Gasteiger partial charge in [0.15, 0.2) is 11.5 Å². The Morgan fingerprint density at radius 1 is 1.00 bits per heavy atom. The summed E-state index contributed by atoms with van der Waals surface area (Å²) in [5.41, 5.74) is 2.28. The number of hydrogen-bond acceptors (Lipinski definition) is 6. The first-order valence-corrected chi connectivity index (χ1v) is 13.4. The summed E-state index contributed by atoms with van der Waals surface area (Å²) >= 11 is 0. The molecule has 1 atom stereocenters. The molecular weight excluding hydrogens is 466 g/mol. The molecule has 0 unspecified atom stereocenters. The molecule has 2 heterocycles. The van der Waals surface area contributed by atoms with Gasteiger partial charge in [-0.2, -0.15) is 0 Å². The third kappa shape index (κ3) is 5.80. The van der Waals surface area contributed by atoms with Crippen molar-refractivity contribution in [3.05, 3.63) is 60.4 Å². The van der Waals surface area contributed by atoms with Crippen LogP contribution < -0.4 is 14.4 Å². The van der Waals surface area contributed by atoms with Gasteiger partial charge in [-0.05, 0) is 74.5 Å². The molecule has 1 saturated carbocycles. The molecule has 0 radical (unpaired) electrons. The average molecular weight is 504 g/mol. The smallest absolute Gasteiger partial charge is 0.258 e. The van der Waals surface area contributed by atoms with E-state index in [0.29, 0.717) is 29.6 Å². The highest BCUT2D eigenvalue weighted by Crippen LogP contribution is 2.32. The Labute approximate surface area is 219 Å². The minimum atomic E-state index is -0.0544. The quantitative estimate of drug-likeness (QED) is 0.410. The number of carbonyl (C=O) groups excluding carboxylic acids is 1. The molecule has 2 aromatic carbocycles. The summed E-state index contributed by atoms with van der Waals surface area (Å²) in [5.74, 6) is 1.87. The number of likely N-dealkylation sites (tertiary alicyclic amines) is 1. The third-order valence-electron chi connectivity index (χ3n) is 7.81. The molecule has 1 amide bonds. The summed E-state index contributed by atoms with van der Waals surface area (Å²) in [4.78, 5) is 18.6. The fourth-order valence-electron chi connectivity index (χ4n) is 5.83. The van der Waals surface area contributed by atoms with Crippen molar-refractivity contribution >= 4 is 11.6 Å². The molecule has 5 rings (SSSR count). The van der Waals surface area contributed by atoms with Crippen LogP contribution in [0.25, 0.3) is 5.69 Å². The van der Waals surface area contributed by atoms with Crippen LogP contribution >= 0.6 is 0 Å². The standard InChI is InChI=1S/C29H37N5O3/c1-36-27-14-13-23(18-28(27)37-2)29(35)33(24-10-6-11-25(19-24)34-17-15-30-31-34)21-26-12-7-16-32(26)20-22-8-4-3-5-9-22/h6,10-11,13-15,17-19,22,26H,3-5,7-9,12,16,20-21H2,1-2H3/t26-/m0/s1. The summed E-state index contributed by atoms with van der Waals surface area (Å²) in [6.45, 7) is 2.89. The van der Waals surface area contributed by atoms with Crippen molar-refractivity contribution in [2.24, 2.45) is 5.92 Å². The van der Waals surface area contributed by atoms with Crippen molar-refractivity contribution in [1.29, 1.82) is 0 Å². The number of ether oxygens (including phenoxy) is 2. The van der Waals surface area contributed by atoms with E-state index in [4.69, 9.17) is 9.47 Å². The van der Waals surface area contributed by atoms with Gasteiger partial charge >= 0.3 is 0 Å². The zero-order valence-electron chi connectivity index (χ0n) is 21.9. The van der Waals surface area contributed by atoms with Crippen LogP contribution in [0.1, 0.15) is 55.3 Å². The first-order valence-electron chi connectivity index (χ1n) is 13.4. The van der Waals surface area contributed by atoms with Crippen molar-refractivity contribution < 1.29 is 14.3 Å². The molecule has 37 heavy (non-hydrogen) atoms. The van der Waals surface area contributed by atoms with Gasteiger partial charge in [0.25, 0.3) is 5.91 Å².